The number of carbonyl (C=O) groups excluding carboxylic acids is 1. The molecule has 1 N–H and O–H groups in total. The summed E-state index contributed by atoms with van der Waals surface area (Å²) in [6, 6.07) is 13.0. The molecule has 1 aliphatic rings. The number of aromatic nitrogens is 3. The highest BCUT2D eigenvalue weighted by Crippen LogP contribution is 2.22. The number of nitrogens with zero attached hydrogens (tertiary/aromatic N) is 4. The fourth-order valence-electron chi connectivity index (χ4n) is 4.36. The Kier molecular flexibility index (Phi) is 5.26. The summed E-state index contributed by atoms with van der Waals surface area (Å²) in [5.41, 5.74) is 2.70. The molecule has 0 radical (unpaired) electrons. The SMILES string of the molecule is Cn1c2c(c(=O)n3ncc(C(=O)Nc4ccc(F)cc4F)c13)CN(Cc1ccccc1)CC2. The largest absolute Gasteiger partial charge is 0.332 e. The van der Waals surface area contributed by atoms with Crippen LogP contribution in [0.25, 0.3) is 5.65 Å². The van der Waals surface area contributed by atoms with Gasteiger partial charge in [0.2, 0.25) is 0 Å². The van der Waals surface area contributed by atoms with E-state index in [1.54, 1.807) is 11.6 Å². The molecule has 1 aliphatic heterocycles. The van der Waals surface area contributed by atoms with Crippen LogP contribution in [-0.4, -0.2) is 31.5 Å². The fraction of sp³-hybridized carbons (Fsp3) is 0.208. The van der Waals surface area contributed by atoms with Crippen LogP contribution < -0.4 is 10.9 Å². The zero-order valence-electron chi connectivity index (χ0n) is 17.9. The maximum Gasteiger partial charge on any atom is 0.279 e. The van der Waals surface area contributed by atoms with Gasteiger partial charge in [0, 0.05) is 44.9 Å². The number of benzene rings is 2. The molecule has 0 aliphatic carbocycles. The highest BCUT2D eigenvalue weighted by molar-refractivity contribution is 6.08. The first kappa shape index (κ1) is 21.0. The summed E-state index contributed by atoms with van der Waals surface area (Å²) in [5.74, 6) is -2.26. The lowest BCUT2D eigenvalue weighted by Gasteiger charge is -2.29. The summed E-state index contributed by atoms with van der Waals surface area (Å²) in [5, 5.41) is 6.58. The molecule has 0 saturated heterocycles. The van der Waals surface area contributed by atoms with E-state index in [2.05, 4.69) is 27.4 Å². The van der Waals surface area contributed by atoms with Gasteiger partial charge in [-0.05, 0) is 17.7 Å². The summed E-state index contributed by atoms with van der Waals surface area (Å²) < 4.78 is 30.2. The predicted molar refractivity (Wildman–Crippen MR) is 119 cm³/mol. The third kappa shape index (κ3) is 3.80. The molecule has 9 heteroatoms. The average Bonchev–Trinajstić information content (AvgIpc) is 3.26. The van der Waals surface area contributed by atoms with Crippen LogP contribution in [0.2, 0.25) is 0 Å². The Morgan fingerprint density at radius 2 is 1.94 bits per heavy atom. The van der Waals surface area contributed by atoms with Crippen molar-refractivity contribution in [3.05, 3.63) is 99.1 Å². The number of anilines is 1. The molecule has 0 fully saturated rings. The summed E-state index contributed by atoms with van der Waals surface area (Å²) in [7, 11) is 1.79. The van der Waals surface area contributed by atoms with Gasteiger partial charge < -0.3 is 9.88 Å². The second-order valence-electron chi connectivity index (χ2n) is 8.11. The second-order valence-corrected chi connectivity index (χ2v) is 8.11. The van der Waals surface area contributed by atoms with E-state index in [0.717, 1.165) is 30.9 Å². The van der Waals surface area contributed by atoms with Crippen LogP contribution in [0.15, 0.2) is 59.5 Å². The first-order valence-corrected chi connectivity index (χ1v) is 10.5. The van der Waals surface area contributed by atoms with Crippen LogP contribution in [0, 0.1) is 11.6 Å². The van der Waals surface area contributed by atoms with Gasteiger partial charge >= 0.3 is 0 Å². The van der Waals surface area contributed by atoms with Crippen molar-refractivity contribution >= 4 is 17.2 Å². The number of hydrogen-bond donors (Lipinski definition) is 1. The fourth-order valence-corrected chi connectivity index (χ4v) is 4.36. The number of rotatable bonds is 4. The summed E-state index contributed by atoms with van der Waals surface area (Å²) in [4.78, 5) is 28.3. The van der Waals surface area contributed by atoms with Crippen molar-refractivity contribution in [2.45, 2.75) is 19.5 Å². The highest BCUT2D eigenvalue weighted by atomic mass is 19.1. The van der Waals surface area contributed by atoms with Crippen molar-refractivity contribution in [3.63, 3.8) is 0 Å². The molecule has 2 aromatic heterocycles. The van der Waals surface area contributed by atoms with Crippen LogP contribution >= 0.6 is 0 Å². The molecule has 7 nitrogen and oxygen atoms in total. The molecule has 1 amide bonds. The van der Waals surface area contributed by atoms with Gasteiger partial charge in [-0.1, -0.05) is 30.3 Å². The third-order valence-corrected chi connectivity index (χ3v) is 5.98. The van der Waals surface area contributed by atoms with Gasteiger partial charge in [-0.25, -0.2) is 8.78 Å². The molecule has 2 aromatic carbocycles. The smallest absolute Gasteiger partial charge is 0.279 e. The maximum atomic E-state index is 14.0. The number of nitrogens with one attached hydrogen (secondary N) is 1. The molecule has 33 heavy (non-hydrogen) atoms. The minimum Gasteiger partial charge on any atom is -0.332 e. The van der Waals surface area contributed by atoms with Crippen LogP contribution in [0.5, 0.6) is 0 Å². The van der Waals surface area contributed by atoms with E-state index < -0.39 is 17.5 Å². The second kappa shape index (κ2) is 8.25. The maximum absolute atomic E-state index is 14.0. The molecule has 5 rings (SSSR count). The zero-order valence-corrected chi connectivity index (χ0v) is 17.9. The van der Waals surface area contributed by atoms with Gasteiger partial charge in [-0.3, -0.25) is 14.5 Å². The first-order chi connectivity index (χ1) is 15.9. The molecular weight excluding hydrogens is 428 g/mol. The van der Waals surface area contributed by atoms with Crippen molar-refractivity contribution in [1.82, 2.24) is 19.1 Å². The quantitative estimate of drug-likeness (QED) is 0.520. The predicted octanol–water partition coefficient (Wildman–Crippen LogP) is 3.12. The Bertz CT molecular complexity index is 1430. The number of halogens is 2. The van der Waals surface area contributed by atoms with Gasteiger partial charge in [0.15, 0.2) is 5.65 Å². The Labute approximate surface area is 187 Å². The molecule has 3 heterocycles. The molecular formula is C24H21F2N5O2. The summed E-state index contributed by atoms with van der Waals surface area (Å²) in [6.45, 7) is 1.98. The van der Waals surface area contributed by atoms with Crippen LogP contribution in [0.4, 0.5) is 14.5 Å². The number of amides is 1. The van der Waals surface area contributed by atoms with Crippen molar-refractivity contribution in [2.75, 3.05) is 11.9 Å². The lowest BCUT2D eigenvalue weighted by atomic mass is 10.1. The molecule has 0 saturated carbocycles. The number of carbonyl (C=O) groups is 1. The Hall–Kier alpha value is -3.85. The summed E-state index contributed by atoms with van der Waals surface area (Å²) in [6.07, 6.45) is 1.93. The van der Waals surface area contributed by atoms with E-state index in [1.807, 2.05) is 18.2 Å². The lowest BCUT2D eigenvalue weighted by molar-refractivity contribution is 0.102. The van der Waals surface area contributed by atoms with E-state index in [-0.39, 0.29) is 16.8 Å². The van der Waals surface area contributed by atoms with E-state index in [4.69, 9.17) is 0 Å². The van der Waals surface area contributed by atoms with Gasteiger partial charge in [0.05, 0.1) is 17.4 Å². The third-order valence-electron chi connectivity index (χ3n) is 5.98. The Balaban J connectivity index is 1.48. The Morgan fingerprint density at radius 3 is 2.70 bits per heavy atom. The minimum atomic E-state index is -0.885. The number of aryl methyl sites for hydroxylation is 1. The van der Waals surface area contributed by atoms with Crippen LogP contribution in [-0.2, 0) is 26.6 Å². The molecule has 0 atom stereocenters. The van der Waals surface area contributed by atoms with E-state index in [1.165, 1.54) is 16.3 Å². The first-order valence-electron chi connectivity index (χ1n) is 10.5. The van der Waals surface area contributed by atoms with Gasteiger partial charge in [0.25, 0.3) is 11.5 Å². The van der Waals surface area contributed by atoms with E-state index in [9.17, 15) is 18.4 Å². The monoisotopic (exact) mass is 449 g/mol. The van der Waals surface area contributed by atoms with Gasteiger partial charge in [0.1, 0.15) is 17.2 Å². The zero-order chi connectivity index (χ0) is 23.1. The standard InChI is InChI=1S/C24H21F2N5O2/c1-29-21-9-10-30(13-15-5-3-2-4-6-15)14-18(21)24(33)31-23(29)17(12-27-31)22(32)28-20-8-7-16(25)11-19(20)26/h2-8,11-12H,9-10,13-14H2,1H3,(H,28,32). The summed E-state index contributed by atoms with van der Waals surface area (Å²) >= 11 is 0. The van der Waals surface area contributed by atoms with Crippen LogP contribution in [0.1, 0.15) is 27.2 Å². The normalized spacial score (nSPS) is 13.8. The molecule has 0 bridgehead atoms. The van der Waals surface area contributed by atoms with Crippen molar-refractivity contribution in [3.8, 4) is 0 Å². The van der Waals surface area contributed by atoms with Crippen molar-refractivity contribution in [2.24, 2.45) is 7.05 Å². The number of fused-ring (bicyclic) bond motifs is 2. The topological polar surface area (TPSA) is 71.6 Å². The highest BCUT2D eigenvalue weighted by Gasteiger charge is 2.26. The van der Waals surface area contributed by atoms with Crippen LogP contribution in [0.3, 0.4) is 0 Å². The number of hydrogen-bond acceptors (Lipinski definition) is 4. The van der Waals surface area contributed by atoms with Crippen molar-refractivity contribution in [1.29, 1.82) is 0 Å². The minimum absolute atomic E-state index is 0.132. The molecule has 4 aromatic rings. The molecule has 168 valence electrons. The van der Waals surface area contributed by atoms with Crippen molar-refractivity contribution < 1.29 is 13.6 Å². The lowest BCUT2D eigenvalue weighted by Crippen LogP contribution is -2.38. The average molecular weight is 449 g/mol. The van der Waals surface area contributed by atoms with E-state index >= 15 is 0 Å². The molecule has 0 unspecified atom stereocenters. The van der Waals surface area contributed by atoms with E-state index in [0.29, 0.717) is 30.2 Å². The van der Waals surface area contributed by atoms with Gasteiger partial charge in [-0.2, -0.15) is 9.61 Å². The molecule has 0 spiro atoms. The van der Waals surface area contributed by atoms with Gasteiger partial charge in [-0.15, -0.1) is 0 Å². The Morgan fingerprint density at radius 1 is 1.15 bits per heavy atom.